The molecule has 146 valence electrons. The molecular weight excluding hydrogens is 336 g/mol. The van der Waals surface area contributed by atoms with Gasteiger partial charge < -0.3 is 0 Å². The van der Waals surface area contributed by atoms with Crippen molar-refractivity contribution in [3.8, 4) is 0 Å². The van der Waals surface area contributed by atoms with Crippen LogP contribution < -0.4 is 0 Å². The fourth-order valence-corrected chi connectivity index (χ4v) is 4.12. The van der Waals surface area contributed by atoms with Crippen LogP contribution in [-0.4, -0.2) is 0 Å². The summed E-state index contributed by atoms with van der Waals surface area (Å²) in [6.07, 6.45) is 2.37. The van der Waals surface area contributed by atoms with Gasteiger partial charge in [-0.25, -0.2) is 0 Å². The van der Waals surface area contributed by atoms with Gasteiger partial charge in [0.1, 0.15) is 0 Å². The molecule has 0 bridgehead atoms. The molecule has 0 radical (unpaired) electrons. The van der Waals surface area contributed by atoms with Crippen LogP contribution in [0, 0.1) is 20.8 Å². The molecule has 0 amide bonds. The van der Waals surface area contributed by atoms with E-state index in [1.807, 2.05) is 0 Å². The first-order valence-electron chi connectivity index (χ1n) is 10.6. The Morgan fingerprint density at radius 1 is 0.464 bits per heavy atom. The van der Waals surface area contributed by atoms with Crippen molar-refractivity contribution in [3.05, 3.63) is 106 Å². The Morgan fingerprint density at radius 2 is 0.750 bits per heavy atom. The molecule has 0 aliphatic heterocycles. The van der Waals surface area contributed by atoms with E-state index in [0.717, 1.165) is 0 Å². The molecule has 3 rings (SSSR count). The highest BCUT2D eigenvalue weighted by molar-refractivity contribution is 5.29. The average Bonchev–Trinajstić information content (AvgIpc) is 2.69. The summed E-state index contributed by atoms with van der Waals surface area (Å²) in [5.41, 5.74) is 8.37. The average molecular weight is 371 g/mol. The van der Waals surface area contributed by atoms with Crippen LogP contribution in [0.5, 0.6) is 0 Å². The van der Waals surface area contributed by atoms with Gasteiger partial charge in [0.2, 0.25) is 0 Å². The first-order valence-corrected chi connectivity index (χ1v) is 10.6. The van der Waals surface area contributed by atoms with E-state index in [9.17, 15) is 0 Å². The Bertz CT molecular complexity index is 800. The molecule has 0 heterocycles. The van der Waals surface area contributed by atoms with E-state index >= 15 is 0 Å². The molecule has 28 heavy (non-hydrogen) atoms. The highest BCUT2D eigenvalue weighted by Gasteiger charge is 2.20. The molecule has 0 aliphatic rings. The van der Waals surface area contributed by atoms with E-state index in [1.165, 1.54) is 46.2 Å². The van der Waals surface area contributed by atoms with Gasteiger partial charge in [0.25, 0.3) is 0 Å². The molecule has 0 N–H and O–H groups in total. The number of aryl methyl sites for hydroxylation is 3. The summed E-state index contributed by atoms with van der Waals surface area (Å²) in [4.78, 5) is 0. The minimum Gasteiger partial charge on any atom is -0.0590 e. The summed E-state index contributed by atoms with van der Waals surface area (Å²) in [6, 6.07) is 27.3. The van der Waals surface area contributed by atoms with E-state index in [0.29, 0.717) is 17.8 Å². The number of hydrogen-bond acceptors (Lipinski definition) is 0. The third-order valence-electron chi connectivity index (χ3n) is 6.12. The second-order valence-corrected chi connectivity index (χ2v) is 8.70. The van der Waals surface area contributed by atoms with Crippen LogP contribution in [0.4, 0.5) is 0 Å². The summed E-state index contributed by atoms with van der Waals surface area (Å²) >= 11 is 0. The quantitative estimate of drug-likeness (QED) is 0.394. The van der Waals surface area contributed by atoms with Crippen molar-refractivity contribution in [2.45, 2.75) is 65.2 Å². The number of benzene rings is 3. The van der Waals surface area contributed by atoms with E-state index in [4.69, 9.17) is 0 Å². The molecule has 2 unspecified atom stereocenters. The Morgan fingerprint density at radius 3 is 1.07 bits per heavy atom. The SMILES string of the molecule is Cc1ccc(C(C)CC(CC(C)c2ccc(C)cc2)c2ccc(C)cc2)cc1. The van der Waals surface area contributed by atoms with Crippen LogP contribution in [0.2, 0.25) is 0 Å². The molecular formula is C28H34. The van der Waals surface area contributed by atoms with Crippen LogP contribution in [0.1, 0.15) is 77.8 Å². The molecule has 2 atom stereocenters. The maximum atomic E-state index is 2.38. The van der Waals surface area contributed by atoms with Gasteiger partial charge in [-0.05, 0) is 68.1 Å². The van der Waals surface area contributed by atoms with Gasteiger partial charge in [-0.2, -0.15) is 0 Å². The highest BCUT2D eigenvalue weighted by Crippen LogP contribution is 2.37. The van der Waals surface area contributed by atoms with Crippen LogP contribution in [-0.2, 0) is 0 Å². The van der Waals surface area contributed by atoms with Crippen LogP contribution in [0.25, 0.3) is 0 Å². The van der Waals surface area contributed by atoms with Gasteiger partial charge in [-0.1, -0.05) is 103 Å². The summed E-state index contributed by atoms with van der Waals surface area (Å²) in [6.45, 7) is 11.2. The summed E-state index contributed by atoms with van der Waals surface area (Å²) in [5.74, 6) is 1.67. The monoisotopic (exact) mass is 370 g/mol. The van der Waals surface area contributed by atoms with Crippen molar-refractivity contribution >= 4 is 0 Å². The molecule has 3 aromatic rings. The molecule has 0 aliphatic carbocycles. The molecule has 0 spiro atoms. The van der Waals surface area contributed by atoms with Crippen molar-refractivity contribution in [1.82, 2.24) is 0 Å². The van der Waals surface area contributed by atoms with Crippen LogP contribution in [0.3, 0.4) is 0 Å². The van der Waals surface area contributed by atoms with Crippen molar-refractivity contribution in [2.24, 2.45) is 0 Å². The standard InChI is InChI=1S/C28H34/c1-20-6-12-25(13-7-20)23(4)18-28(27-16-10-22(3)11-17-27)19-24(5)26-14-8-21(2)9-15-26/h6-17,23-24,28H,18-19H2,1-5H3. The topological polar surface area (TPSA) is 0 Å². The smallest absolute Gasteiger partial charge is 0.0151 e. The van der Waals surface area contributed by atoms with E-state index in [-0.39, 0.29) is 0 Å². The Balaban J connectivity index is 1.81. The minimum absolute atomic E-state index is 0.553. The lowest BCUT2D eigenvalue weighted by Crippen LogP contribution is -2.09. The Labute approximate surface area is 171 Å². The Hall–Kier alpha value is -2.34. The zero-order valence-electron chi connectivity index (χ0n) is 18.1. The fourth-order valence-electron chi connectivity index (χ4n) is 4.12. The van der Waals surface area contributed by atoms with Gasteiger partial charge >= 0.3 is 0 Å². The van der Waals surface area contributed by atoms with Crippen molar-refractivity contribution < 1.29 is 0 Å². The lowest BCUT2D eigenvalue weighted by Gasteiger charge is -2.25. The molecule has 0 fully saturated rings. The van der Waals surface area contributed by atoms with Gasteiger partial charge in [-0.15, -0.1) is 0 Å². The van der Waals surface area contributed by atoms with Crippen LogP contribution in [0.15, 0.2) is 72.8 Å². The van der Waals surface area contributed by atoms with Gasteiger partial charge in [0, 0.05) is 0 Å². The van der Waals surface area contributed by atoms with E-state index in [1.54, 1.807) is 0 Å². The molecule has 0 nitrogen and oxygen atoms in total. The van der Waals surface area contributed by atoms with Crippen molar-refractivity contribution in [3.63, 3.8) is 0 Å². The third-order valence-corrected chi connectivity index (χ3v) is 6.12. The summed E-state index contributed by atoms with van der Waals surface area (Å²) in [7, 11) is 0. The first-order chi connectivity index (χ1) is 13.4. The summed E-state index contributed by atoms with van der Waals surface area (Å²) in [5, 5.41) is 0. The van der Waals surface area contributed by atoms with Crippen molar-refractivity contribution in [2.75, 3.05) is 0 Å². The fraction of sp³-hybridized carbons (Fsp3) is 0.357. The molecule has 3 aromatic carbocycles. The van der Waals surface area contributed by atoms with Crippen LogP contribution >= 0.6 is 0 Å². The highest BCUT2D eigenvalue weighted by atomic mass is 14.2. The number of rotatable bonds is 7. The zero-order chi connectivity index (χ0) is 20.1. The lowest BCUT2D eigenvalue weighted by molar-refractivity contribution is 0.489. The largest absolute Gasteiger partial charge is 0.0590 e. The van der Waals surface area contributed by atoms with Gasteiger partial charge in [0.05, 0.1) is 0 Å². The van der Waals surface area contributed by atoms with E-state index in [2.05, 4.69) is 107 Å². The van der Waals surface area contributed by atoms with Crippen molar-refractivity contribution in [1.29, 1.82) is 0 Å². The number of hydrogen-bond donors (Lipinski definition) is 0. The second-order valence-electron chi connectivity index (χ2n) is 8.70. The minimum atomic E-state index is 0.553. The van der Waals surface area contributed by atoms with Gasteiger partial charge in [-0.3, -0.25) is 0 Å². The predicted octanol–water partition coefficient (Wildman–Crippen LogP) is 8.08. The normalized spacial score (nSPS) is 14.5. The molecule has 0 aromatic heterocycles. The second kappa shape index (κ2) is 9.24. The molecule has 0 heteroatoms. The summed E-state index contributed by atoms with van der Waals surface area (Å²) < 4.78 is 0. The zero-order valence-corrected chi connectivity index (χ0v) is 18.1. The maximum absolute atomic E-state index is 2.38. The third kappa shape index (κ3) is 5.35. The molecule has 0 saturated carbocycles. The van der Waals surface area contributed by atoms with E-state index < -0.39 is 0 Å². The molecule has 0 saturated heterocycles. The van der Waals surface area contributed by atoms with Gasteiger partial charge in [0.15, 0.2) is 0 Å². The predicted molar refractivity (Wildman–Crippen MR) is 122 cm³/mol. The Kier molecular flexibility index (Phi) is 6.73. The lowest BCUT2D eigenvalue weighted by atomic mass is 9.79. The first kappa shape index (κ1) is 20.4. The maximum Gasteiger partial charge on any atom is -0.0151 e.